The molecule has 0 saturated carbocycles. The van der Waals surface area contributed by atoms with Crippen LogP contribution in [0, 0.1) is 0 Å². The van der Waals surface area contributed by atoms with Crippen LogP contribution in [0.4, 0.5) is 17.6 Å². The average Bonchev–Trinajstić information content (AvgIpc) is 3.06. The minimum absolute atomic E-state index is 0.0382. The third kappa shape index (κ3) is 4.34. The van der Waals surface area contributed by atoms with Gasteiger partial charge in [0.15, 0.2) is 27.1 Å². The van der Waals surface area contributed by atoms with Crippen molar-refractivity contribution in [1.29, 1.82) is 0 Å². The van der Waals surface area contributed by atoms with Crippen LogP contribution in [-0.2, 0) is 9.84 Å². The highest BCUT2D eigenvalue weighted by Gasteiger charge is 2.41. The van der Waals surface area contributed by atoms with Crippen LogP contribution in [0.2, 0.25) is 0 Å². The van der Waals surface area contributed by atoms with Crippen molar-refractivity contribution in [2.24, 2.45) is 0 Å². The molecular formula is C16H13BrF4N4O3S. The molecule has 0 N–H and O–H groups in total. The zero-order valence-electron chi connectivity index (χ0n) is 14.7. The Morgan fingerprint density at radius 2 is 1.97 bits per heavy atom. The van der Waals surface area contributed by atoms with Crippen molar-refractivity contribution >= 4 is 31.4 Å². The number of rotatable bonds is 7. The van der Waals surface area contributed by atoms with E-state index in [0.717, 1.165) is 6.20 Å². The molecule has 3 aromatic rings. The van der Waals surface area contributed by atoms with Crippen LogP contribution in [0.1, 0.15) is 6.92 Å². The second-order valence-corrected chi connectivity index (χ2v) is 8.84. The number of imidazole rings is 1. The predicted octanol–water partition coefficient (Wildman–Crippen LogP) is 3.63. The van der Waals surface area contributed by atoms with Crippen molar-refractivity contribution in [3.63, 3.8) is 0 Å². The molecule has 0 aliphatic heterocycles. The van der Waals surface area contributed by atoms with Gasteiger partial charge in [0.2, 0.25) is 0 Å². The van der Waals surface area contributed by atoms with Gasteiger partial charge in [0, 0.05) is 6.20 Å². The monoisotopic (exact) mass is 496 g/mol. The Morgan fingerprint density at radius 1 is 1.24 bits per heavy atom. The Morgan fingerprint density at radius 3 is 2.55 bits per heavy atom. The van der Waals surface area contributed by atoms with Gasteiger partial charge in [-0.15, -0.1) is 0 Å². The lowest BCUT2D eigenvalue weighted by Crippen LogP contribution is -2.33. The number of hydrogen-bond acceptors (Lipinski definition) is 6. The van der Waals surface area contributed by atoms with Crippen LogP contribution in [0.15, 0.2) is 40.4 Å². The van der Waals surface area contributed by atoms with E-state index in [1.54, 1.807) is 0 Å². The number of sulfone groups is 1. The van der Waals surface area contributed by atoms with Gasteiger partial charge < -0.3 is 4.74 Å². The van der Waals surface area contributed by atoms with Gasteiger partial charge in [-0.05, 0) is 28.1 Å². The number of fused-ring (bicyclic) bond motifs is 1. The second kappa shape index (κ2) is 7.86. The standard InChI is InChI=1S/C16H13BrF4N4O3S/c1-2-29(26,27)14-13(24-12-6-23-11(17)7-25(12)14)10-4-3-9(5-22-10)28-8-16(20,21)15(18)19/h3-7,15H,2,8H2,1H3. The fraction of sp³-hybridized carbons (Fsp3) is 0.312. The van der Waals surface area contributed by atoms with Gasteiger partial charge in [-0.25, -0.2) is 27.2 Å². The summed E-state index contributed by atoms with van der Waals surface area (Å²) in [6.07, 6.45) is -0.0237. The lowest BCUT2D eigenvalue weighted by molar-refractivity contribution is -0.148. The van der Waals surface area contributed by atoms with Gasteiger partial charge in [0.25, 0.3) is 0 Å². The summed E-state index contributed by atoms with van der Waals surface area (Å²) in [5.74, 6) is -4.68. The van der Waals surface area contributed by atoms with E-state index in [9.17, 15) is 26.0 Å². The fourth-order valence-electron chi connectivity index (χ4n) is 2.36. The summed E-state index contributed by atoms with van der Waals surface area (Å²) >= 11 is 3.17. The first-order chi connectivity index (χ1) is 13.5. The quantitative estimate of drug-likeness (QED) is 0.464. The predicted molar refractivity (Wildman–Crippen MR) is 98.1 cm³/mol. The molecule has 0 saturated heterocycles. The highest BCUT2D eigenvalue weighted by atomic mass is 79.9. The zero-order chi connectivity index (χ0) is 21.4. The summed E-state index contributed by atoms with van der Waals surface area (Å²) in [5, 5.41) is -0.108. The van der Waals surface area contributed by atoms with E-state index in [0.29, 0.717) is 4.60 Å². The Kier molecular flexibility index (Phi) is 5.81. The Labute approximate surface area is 170 Å². The Hall–Kier alpha value is -2.28. The molecule has 3 heterocycles. The lowest BCUT2D eigenvalue weighted by atomic mass is 10.3. The number of aromatic nitrogens is 4. The topological polar surface area (TPSA) is 86.5 Å². The molecule has 0 fully saturated rings. The first-order valence-corrected chi connectivity index (χ1v) is 10.5. The molecule has 13 heteroatoms. The summed E-state index contributed by atoms with van der Waals surface area (Å²) in [6, 6.07) is 2.51. The van der Waals surface area contributed by atoms with Crippen LogP contribution in [-0.4, -0.2) is 52.5 Å². The molecule has 3 aromatic heterocycles. The molecule has 0 radical (unpaired) electrons. The first kappa shape index (κ1) is 21.4. The molecule has 0 atom stereocenters. The van der Waals surface area contributed by atoms with Crippen molar-refractivity contribution in [3.8, 4) is 17.1 Å². The molecule has 29 heavy (non-hydrogen) atoms. The van der Waals surface area contributed by atoms with E-state index in [4.69, 9.17) is 0 Å². The third-order valence-electron chi connectivity index (χ3n) is 3.84. The summed E-state index contributed by atoms with van der Waals surface area (Å²) in [6.45, 7) is -0.0441. The van der Waals surface area contributed by atoms with Crippen molar-refractivity contribution in [3.05, 3.63) is 35.3 Å². The Balaban J connectivity index is 2.00. The van der Waals surface area contributed by atoms with E-state index in [1.807, 2.05) is 0 Å². The summed E-state index contributed by atoms with van der Waals surface area (Å²) < 4.78 is 82.0. The van der Waals surface area contributed by atoms with Crippen molar-refractivity contribution in [1.82, 2.24) is 19.4 Å². The third-order valence-corrected chi connectivity index (χ3v) is 5.99. The van der Waals surface area contributed by atoms with Crippen molar-refractivity contribution < 1.29 is 30.7 Å². The zero-order valence-corrected chi connectivity index (χ0v) is 17.1. The van der Waals surface area contributed by atoms with Gasteiger partial charge in [0.1, 0.15) is 16.0 Å². The number of hydrogen-bond donors (Lipinski definition) is 0. The average molecular weight is 497 g/mol. The van der Waals surface area contributed by atoms with E-state index < -0.39 is 28.8 Å². The minimum atomic E-state index is -4.30. The number of pyridine rings is 1. The molecule has 0 amide bonds. The summed E-state index contributed by atoms with van der Waals surface area (Å²) in [7, 11) is -3.73. The van der Waals surface area contributed by atoms with Crippen LogP contribution in [0.25, 0.3) is 17.0 Å². The highest BCUT2D eigenvalue weighted by molar-refractivity contribution is 9.10. The molecule has 0 aliphatic rings. The van der Waals surface area contributed by atoms with Gasteiger partial charge in [-0.3, -0.25) is 9.38 Å². The van der Waals surface area contributed by atoms with E-state index in [1.165, 1.54) is 35.9 Å². The molecular weight excluding hydrogens is 484 g/mol. The lowest BCUT2D eigenvalue weighted by Gasteiger charge is -2.15. The molecule has 0 spiro atoms. The number of nitrogens with zero attached hydrogens (tertiary/aromatic N) is 4. The molecule has 0 aromatic carbocycles. The minimum Gasteiger partial charge on any atom is -0.485 e. The van der Waals surface area contributed by atoms with Crippen LogP contribution in [0.5, 0.6) is 5.75 Å². The highest BCUT2D eigenvalue weighted by Crippen LogP contribution is 2.30. The van der Waals surface area contributed by atoms with Crippen LogP contribution >= 0.6 is 15.9 Å². The van der Waals surface area contributed by atoms with Crippen LogP contribution in [0.3, 0.4) is 0 Å². The van der Waals surface area contributed by atoms with E-state index in [-0.39, 0.29) is 33.6 Å². The summed E-state index contributed by atoms with van der Waals surface area (Å²) in [4.78, 5) is 12.2. The molecule has 156 valence electrons. The molecule has 0 unspecified atom stereocenters. The fourth-order valence-corrected chi connectivity index (χ4v) is 3.83. The number of ether oxygens (including phenoxy) is 1. The second-order valence-electron chi connectivity index (χ2n) is 5.84. The number of halogens is 5. The van der Waals surface area contributed by atoms with E-state index >= 15 is 0 Å². The summed E-state index contributed by atoms with van der Waals surface area (Å²) in [5.41, 5.74) is 0.426. The van der Waals surface area contributed by atoms with Crippen molar-refractivity contribution in [2.75, 3.05) is 12.4 Å². The van der Waals surface area contributed by atoms with Gasteiger partial charge in [-0.2, -0.15) is 8.78 Å². The largest absolute Gasteiger partial charge is 0.485 e. The van der Waals surface area contributed by atoms with Gasteiger partial charge in [-0.1, -0.05) is 6.92 Å². The maximum Gasteiger partial charge on any atom is 0.340 e. The molecule has 7 nitrogen and oxygen atoms in total. The van der Waals surface area contributed by atoms with E-state index in [2.05, 4.69) is 35.6 Å². The maximum absolute atomic E-state index is 13.0. The first-order valence-electron chi connectivity index (χ1n) is 8.06. The van der Waals surface area contributed by atoms with Crippen molar-refractivity contribution in [2.45, 2.75) is 24.3 Å². The Bertz CT molecular complexity index is 1140. The van der Waals surface area contributed by atoms with Gasteiger partial charge in [0.05, 0.1) is 23.8 Å². The van der Waals surface area contributed by atoms with Gasteiger partial charge >= 0.3 is 12.3 Å². The molecule has 0 bridgehead atoms. The van der Waals surface area contributed by atoms with Crippen LogP contribution < -0.4 is 4.74 Å². The maximum atomic E-state index is 13.0. The number of alkyl halides is 4. The molecule has 3 rings (SSSR count). The normalized spacial score (nSPS) is 12.7. The smallest absolute Gasteiger partial charge is 0.340 e. The SMILES string of the molecule is CCS(=O)(=O)c1c(-c2ccc(OCC(F)(F)C(F)F)cn2)nc2cnc(Br)cn12. The molecule has 0 aliphatic carbocycles.